The van der Waals surface area contributed by atoms with E-state index in [9.17, 15) is 0 Å². The Morgan fingerprint density at radius 1 is 1.71 bits per heavy atom. The van der Waals surface area contributed by atoms with Crippen LogP contribution in [0.3, 0.4) is 0 Å². The van der Waals surface area contributed by atoms with E-state index >= 15 is 0 Å². The summed E-state index contributed by atoms with van der Waals surface area (Å²) in [6, 6.07) is 0. The molecule has 0 N–H and O–H groups in total. The van der Waals surface area contributed by atoms with E-state index in [1.807, 2.05) is 0 Å². The van der Waals surface area contributed by atoms with Crippen LogP contribution in [-0.4, -0.2) is 3.92 Å². The van der Waals surface area contributed by atoms with Crippen LogP contribution in [0.15, 0.2) is 0 Å². The zero-order valence-corrected chi connectivity index (χ0v) is 7.10. The second kappa shape index (κ2) is 3.70. The van der Waals surface area contributed by atoms with Gasteiger partial charge >= 0.3 is 0 Å². The molecule has 1 radical (unpaired) electrons. The normalized spacial score (nSPS) is 15.0. The number of alkyl halides is 1. The van der Waals surface area contributed by atoms with Crippen LogP contribution in [0.1, 0.15) is 20.3 Å². The van der Waals surface area contributed by atoms with E-state index in [1.54, 1.807) is 0 Å². The van der Waals surface area contributed by atoms with Gasteiger partial charge < -0.3 is 0 Å². The lowest BCUT2D eigenvalue weighted by Crippen LogP contribution is -2.03. The second-order valence-electron chi connectivity index (χ2n) is 1.90. The van der Waals surface area contributed by atoms with Crippen molar-refractivity contribution in [1.29, 1.82) is 0 Å². The summed E-state index contributed by atoms with van der Waals surface area (Å²) in [5, 5.41) is 0. The average molecular weight is 211 g/mol. The fraction of sp³-hybridized carbons (Fsp3) is 0.833. The largest absolute Gasteiger partial charge is 0.0823 e. The molecule has 0 spiro atoms. The Hall–Kier alpha value is 0.730. The van der Waals surface area contributed by atoms with E-state index in [4.69, 9.17) is 0 Å². The molecule has 0 aromatic rings. The van der Waals surface area contributed by atoms with Gasteiger partial charge in [-0.05, 0) is 19.3 Å². The maximum Gasteiger partial charge on any atom is 0.0133 e. The molecule has 0 aromatic heterocycles. The number of hydrogen-bond acceptors (Lipinski definition) is 0. The highest BCUT2D eigenvalue weighted by atomic mass is 127. The monoisotopic (exact) mass is 211 g/mol. The van der Waals surface area contributed by atoms with Crippen molar-refractivity contribution in [3.8, 4) is 0 Å². The minimum Gasteiger partial charge on any atom is -0.0823 e. The zero-order valence-electron chi connectivity index (χ0n) is 4.95. The molecule has 0 aliphatic rings. The summed E-state index contributed by atoms with van der Waals surface area (Å²) in [5.41, 5.74) is 0. The number of hydrogen-bond donors (Lipinski definition) is 0. The van der Waals surface area contributed by atoms with Crippen molar-refractivity contribution in [2.75, 3.05) is 0 Å². The molecule has 2 atom stereocenters. The molecule has 0 aliphatic carbocycles. The average Bonchev–Trinajstić information content (AvgIpc) is 1.65. The van der Waals surface area contributed by atoms with Gasteiger partial charge in [-0.3, -0.25) is 0 Å². The molecule has 1 heteroatoms. The van der Waals surface area contributed by atoms with Gasteiger partial charge in [0.1, 0.15) is 0 Å². The zero-order chi connectivity index (χ0) is 5.86. The molecule has 0 bridgehead atoms. The van der Waals surface area contributed by atoms with Gasteiger partial charge in [-0.1, -0.05) is 36.4 Å². The van der Waals surface area contributed by atoms with Crippen LogP contribution in [0.25, 0.3) is 0 Å². The third-order valence-electron chi connectivity index (χ3n) is 1.01. The summed E-state index contributed by atoms with van der Waals surface area (Å²) in [6.07, 6.45) is 1.24. The topological polar surface area (TPSA) is 0 Å². The standard InChI is InChI=1S/C6H12I/c1-4-6(7)5(2)3/h5-6H,2,4H2,1,3H3. The first-order valence-electron chi connectivity index (χ1n) is 2.65. The molecule has 0 nitrogen and oxygen atoms in total. The first kappa shape index (κ1) is 7.73. The van der Waals surface area contributed by atoms with Crippen molar-refractivity contribution in [2.45, 2.75) is 24.2 Å². The molecule has 0 amide bonds. The molecule has 0 rings (SSSR count). The van der Waals surface area contributed by atoms with E-state index in [-0.39, 0.29) is 0 Å². The van der Waals surface area contributed by atoms with Gasteiger partial charge in [0.2, 0.25) is 0 Å². The summed E-state index contributed by atoms with van der Waals surface area (Å²) >= 11 is 2.43. The molecular weight excluding hydrogens is 199 g/mol. The van der Waals surface area contributed by atoms with Gasteiger partial charge in [-0.2, -0.15) is 0 Å². The fourth-order valence-electron chi connectivity index (χ4n) is 0.402. The van der Waals surface area contributed by atoms with E-state index in [0.29, 0.717) is 5.92 Å². The van der Waals surface area contributed by atoms with Gasteiger partial charge in [0, 0.05) is 3.92 Å². The molecule has 0 fully saturated rings. The van der Waals surface area contributed by atoms with Gasteiger partial charge in [0.05, 0.1) is 0 Å². The highest BCUT2D eigenvalue weighted by Crippen LogP contribution is 2.14. The molecule has 0 aliphatic heterocycles. The second-order valence-corrected chi connectivity index (χ2v) is 3.50. The maximum absolute atomic E-state index is 3.90. The first-order chi connectivity index (χ1) is 3.18. The Morgan fingerprint density at radius 3 is 2.14 bits per heavy atom. The number of halogens is 1. The maximum atomic E-state index is 3.90. The molecule has 0 saturated heterocycles. The Bertz CT molecular complexity index is 41.4. The lowest BCUT2D eigenvalue weighted by Gasteiger charge is -2.08. The Morgan fingerprint density at radius 2 is 2.14 bits per heavy atom. The van der Waals surface area contributed by atoms with Crippen LogP contribution < -0.4 is 0 Å². The molecule has 0 saturated carbocycles. The molecule has 0 heterocycles. The van der Waals surface area contributed by atoms with Crippen molar-refractivity contribution in [2.24, 2.45) is 5.92 Å². The van der Waals surface area contributed by atoms with Crippen LogP contribution >= 0.6 is 22.6 Å². The smallest absolute Gasteiger partial charge is 0.0133 e. The van der Waals surface area contributed by atoms with Crippen molar-refractivity contribution in [3.63, 3.8) is 0 Å². The summed E-state index contributed by atoms with van der Waals surface area (Å²) in [7, 11) is 0. The van der Waals surface area contributed by atoms with Gasteiger partial charge in [-0.25, -0.2) is 0 Å². The van der Waals surface area contributed by atoms with E-state index in [0.717, 1.165) is 3.92 Å². The predicted octanol–water partition coefficient (Wildman–Crippen LogP) is 2.67. The van der Waals surface area contributed by atoms with E-state index in [2.05, 4.69) is 43.4 Å². The quantitative estimate of drug-likeness (QED) is 0.486. The van der Waals surface area contributed by atoms with Crippen LogP contribution in [0.2, 0.25) is 0 Å². The summed E-state index contributed by atoms with van der Waals surface area (Å²) < 4.78 is 0.762. The lowest BCUT2D eigenvalue weighted by molar-refractivity contribution is 0.672. The van der Waals surface area contributed by atoms with Crippen LogP contribution in [0.4, 0.5) is 0 Å². The highest BCUT2D eigenvalue weighted by molar-refractivity contribution is 14.1. The van der Waals surface area contributed by atoms with E-state index < -0.39 is 0 Å². The van der Waals surface area contributed by atoms with Crippen LogP contribution in [0.5, 0.6) is 0 Å². The summed E-state index contributed by atoms with van der Waals surface area (Å²) in [4.78, 5) is 0. The van der Waals surface area contributed by atoms with Gasteiger partial charge in [0.25, 0.3) is 0 Å². The molecular formula is C6H12I. The van der Waals surface area contributed by atoms with Crippen molar-refractivity contribution >= 4 is 22.6 Å². The third-order valence-corrected chi connectivity index (χ3v) is 3.12. The highest BCUT2D eigenvalue weighted by Gasteiger charge is 2.03. The first-order valence-corrected chi connectivity index (χ1v) is 3.90. The SMILES string of the molecule is [CH2]C(C)C(I)CC. The lowest BCUT2D eigenvalue weighted by atomic mass is 10.1. The summed E-state index contributed by atoms with van der Waals surface area (Å²) in [6.45, 7) is 8.25. The van der Waals surface area contributed by atoms with Gasteiger partial charge in [-0.15, -0.1) is 0 Å². The van der Waals surface area contributed by atoms with Crippen molar-refractivity contribution < 1.29 is 0 Å². The minimum atomic E-state index is 0.602. The Balaban J connectivity index is 3.14. The van der Waals surface area contributed by atoms with E-state index in [1.165, 1.54) is 6.42 Å². The minimum absolute atomic E-state index is 0.602. The summed E-state index contributed by atoms with van der Waals surface area (Å²) in [5.74, 6) is 0.602. The van der Waals surface area contributed by atoms with Crippen molar-refractivity contribution in [3.05, 3.63) is 6.92 Å². The fourth-order valence-corrected chi connectivity index (χ4v) is 0.402. The molecule has 2 unspecified atom stereocenters. The molecule has 7 heavy (non-hydrogen) atoms. The van der Waals surface area contributed by atoms with Crippen LogP contribution in [-0.2, 0) is 0 Å². The van der Waals surface area contributed by atoms with Crippen LogP contribution in [0, 0.1) is 12.8 Å². The van der Waals surface area contributed by atoms with Gasteiger partial charge in [0.15, 0.2) is 0 Å². The Kier molecular flexibility index (Phi) is 4.08. The molecule has 43 valence electrons. The molecule has 0 aromatic carbocycles. The predicted molar refractivity (Wildman–Crippen MR) is 42.6 cm³/mol. The number of rotatable bonds is 2. The van der Waals surface area contributed by atoms with Crippen molar-refractivity contribution in [1.82, 2.24) is 0 Å². The third kappa shape index (κ3) is 3.32. The Labute approximate surface area is 59.8 Å².